The normalized spacial score (nSPS) is 12.8. The summed E-state index contributed by atoms with van der Waals surface area (Å²) in [6.45, 7) is 0. The van der Waals surface area contributed by atoms with Crippen LogP contribution in [0.25, 0.3) is 27.8 Å². The Balaban J connectivity index is 1.55. The molecule has 0 fully saturated rings. The minimum absolute atomic E-state index is 0.271. The van der Waals surface area contributed by atoms with Crippen molar-refractivity contribution >= 4 is 40.3 Å². The minimum Gasteiger partial charge on any atom is -0.288 e. The number of Topliss-reactive ketones (excluding diaryl/α,β-unsaturated/α-hetero) is 2. The molecule has 0 heterocycles. The van der Waals surface area contributed by atoms with Gasteiger partial charge in [-0.1, -0.05) is 150 Å². The number of halogens is 2. The number of allylic oxidation sites excluding steroid dienone is 1. The third kappa shape index (κ3) is 4.77. The molecular weight excluding hydrogens is 631 g/mol. The average molecular weight is 656 g/mol. The van der Waals surface area contributed by atoms with Gasteiger partial charge in [-0.15, -0.1) is 5.73 Å². The Morgan fingerprint density at radius 3 is 1.48 bits per heavy atom. The van der Waals surface area contributed by atoms with Crippen LogP contribution in [-0.4, -0.2) is 11.6 Å². The molecule has 0 spiro atoms. The molecule has 0 saturated carbocycles. The fourth-order valence-electron chi connectivity index (χ4n) is 6.88. The Morgan fingerprint density at radius 1 is 0.500 bits per heavy atom. The van der Waals surface area contributed by atoms with Crippen molar-refractivity contribution in [3.63, 3.8) is 0 Å². The number of rotatable bonds is 4. The molecule has 0 unspecified atom stereocenters. The molecule has 2 aliphatic carbocycles. The highest BCUT2D eigenvalue weighted by Gasteiger charge is 2.48. The topological polar surface area (TPSA) is 34.1 Å². The maximum Gasteiger partial charge on any atom is 0.235 e. The van der Waals surface area contributed by atoms with Gasteiger partial charge in [0.25, 0.3) is 0 Å². The van der Waals surface area contributed by atoms with Crippen LogP contribution in [0.3, 0.4) is 0 Å². The number of benzene rings is 6. The van der Waals surface area contributed by atoms with E-state index < -0.39 is 5.41 Å². The first-order valence-corrected chi connectivity index (χ1v) is 16.2. The molecule has 48 heavy (non-hydrogen) atoms. The summed E-state index contributed by atoms with van der Waals surface area (Å²) in [5.74, 6) is 5.69. The predicted octanol–water partition coefficient (Wildman–Crippen LogP) is 10.7. The molecule has 0 radical (unpaired) electrons. The Bertz CT molecular complexity index is 2340. The van der Waals surface area contributed by atoms with E-state index in [0.29, 0.717) is 32.3 Å². The van der Waals surface area contributed by atoms with Gasteiger partial charge in [-0.05, 0) is 74.7 Å². The number of hydrogen-bond acceptors (Lipinski definition) is 2. The molecule has 2 nitrogen and oxygen atoms in total. The van der Waals surface area contributed by atoms with Gasteiger partial charge in [0.15, 0.2) is 5.78 Å². The van der Waals surface area contributed by atoms with Gasteiger partial charge < -0.3 is 0 Å². The highest BCUT2D eigenvalue weighted by atomic mass is 35.5. The molecule has 0 aliphatic heterocycles. The van der Waals surface area contributed by atoms with Crippen LogP contribution >= 0.6 is 23.2 Å². The first kappa shape index (κ1) is 29.7. The van der Waals surface area contributed by atoms with E-state index in [-0.39, 0.29) is 17.1 Å². The molecule has 2 aliphatic rings. The van der Waals surface area contributed by atoms with Crippen LogP contribution in [0.1, 0.15) is 43.0 Å². The highest BCUT2D eigenvalue weighted by Crippen LogP contribution is 2.55. The molecule has 0 bridgehead atoms. The van der Waals surface area contributed by atoms with Gasteiger partial charge >= 0.3 is 0 Å². The third-order valence-corrected chi connectivity index (χ3v) is 9.50. The van der Waals surface area contributed by atoms with Gasteiger partial charge in [-0.3, -0.25) is 9.59 Å². The number of ketones is 2. The smallest absolute Gasteiger partial charge is 0.235 e. The number of carbonyl (C=O) groups is 2. The van der Waals surface area contributed by atoms with Crippen molar-refractivity contribution in [1.29, 1.82) is 0 Å². The van der Waals surface area contributed by atoms with Crippen molar-refractivity contribution in [2.24, 2.45) is 0 Å². The molecular formula is C44H24Cl2O2. The summed E-state index contributed by atoms with van der Waals surface area (Å²) in [5, 5.41) is 0.952. The van der Waals surface area contributed by atoms with Crippen molar-refractivity contribution < 1.29 is 9.59 Å². The van der Waals surface area contributed by atoms with Crippen molar-refractivity contribution in [1.82, 2.24) is 0 Å². The van der Waals surface area contributed by atoms with E-state index >= 15 is 4.79 Å². The molecule has 0 amide bonds. The molecule has 0 atom stereocenters. The lowest BCUT2D eigenvalue weighted by Gasteiger charge is -2.28. The highest BCUT2D eigenvalue weighted by molar-refractivity contribution is 6.31. The van der Waals surface area contributed by atoms with Crippen molar-refractivity contribution in [2.75, 3.05) is 0 Å². The van der Waals surface area contributed by atoms with Crippen LogP contribution < -0.4 is 0 Å². The summed E-state index contributed by atoms with van der Waals surface area (Å²) in [4.78, 5) is 28.8. The van der Waals surface area contributed by atoms with E-state index in [1.165, 1.54) is 0 Å². The molecule has 6 aromatic carbocycles. The van der Waals surface area contributed by atoms with Crippen LogP contribution in [0.15, 0.2) is 157 Å². The van der Waals surface area contributed by atoms with E-state index in [2.05, 4.69) is 29.7 Å². The standard InChI is InChI=1S/C44H24Cl2O2/c45-30-19-21-36-37-22-20-31(46)26-40(37)44(39(36)25-30,24-23-42(47)28-11-3-1-4-12-28)41(43(48)29-13-5-2-6-14-29)27-38-34-17-9-7-15-32(34)33-16-8-10-18-35(33)38/h1-22,25-26H. The Labute approximate surface area is 288 Å². The monoisotopic (exact) mass is 654 g/mol. The maximum atomic E-state index is 15.1. The maximum absolute atomic E-state index is 15.1. The lowest BCUT2D eigenvalue weighted by molar-refractivity contribution is 0.102. The fourth-order valence-corrected chi connectivity index (χ4v) is 7.22. The summed E-state index contributed by atoms with van der Waals surface area (Å²) in [5.41, 5.74) is 11.3. The molecule has 0 N–H and O–H groups in total. The second-order valence-electron chi connectivity index (χ2n) is 11.7. The second kappa shape index (κ2) is 11.8. The quantitative estimate of drug-likeness (QED) is 0.0622. The SMILES string of the molecule is O=C(C#CC1(C(=C=C2c3ccccc3-c3ccccc32)C(=O)c2ccccc2)c2cc(Cl)ccc2-c2ccc(Cl)cc21)c1ccccc1. The predicted molar refractivity (Wildman–Crippen MR) is 193 cm³/mol. The molecule has 8 rings (SSSR count). The molecule has 0 saturated heterocycles. The van der Waals surface area contributed by atoms with Gasteiger partial charge in [-0.2, -0.15) is 0 Å². The van der Waals surface area contributed by atoms with Crippen LogP contribution in [0.2, 0.25) is 10.0 Å². The van der Waals surface area contributed by atoms with Gasteiger partial charge in [0.1, 0.15) is 5.41 Å². The van der Waals surface area contributed by atoms with Crippen LogP contribution in [-0.2, 0) is 5.41 Å². The van der Waals surface area contributed by atoms with Crippen LogP contribution in [0, 0.1) is 11.8 Å². The van der Waals surface area contributed by atoms with E-state index in [0.717, 1.165) is 39.0 Å². The molecule has 226 valence electrons. The van der Waals surface area contributed by atoms with Crippen LogP contribution in [0.5, 0.6) is 0 Å². The Kier molecular flexibility index (Phi) is 7.33. The summed E-state index contributed by atoms with van der Waals surface area (Å²) in [6, 6.07) is 45.4. The second-order valence-corrected chi connectivity index (χ2v) is 12.6. The van der Waals surface area contributed by atoms with E-state index in [1.807, 2.05) is 97.1 Å². The Morgan fingerprint density at radius 2 is 0.958 bits per heavy atom. The first-order valence-electron chi connectivity index (χ1n) is 15.5. The van der Waals surface area contributed by atoms with Gasteiger partial charge in [0.05, 0.1) is 5.57 Å². The summed E-state index contributed by atoms with van der Waals surface area (Å²) in [7, 11) is 0. The van der Waals surface area contributed by atoms with Gasteiger partial charge in [-0.25, -0.2) is 0 Å². The lowest BCUT2D eigenvalue weighted by atomic mass is 9.70. The minimum atomic E-state index is -1.46. The van der Waals surface area contributed by atoms with Gasteiger partial charge in [0.2, 0.25) is 5.78 Å². The first-order chi connectivity index (χ1) is 23.5. The lowest BCUT2D eigenvalue weighted by Crippen LogP contribution is -2.31. The van der Waals surface area contributed by atoms with Crippen molar-refractivity contribution in [2.45, 2.75) is 5.41 Å². The van der Waals surface area contributed by atoms with E-state index in [1.54, 1.807) is 36.4 Å². The zero-order chi connectivity index (χ0) is 32.8. The number of carbonyl (C=O) groups excluding carboxylic acids is 2. The van der Waals surface area contributed by atoms with E-state index in [9.17, 15) is 4.79 Å². The third-order valence-electron chi connectivity index (χ3n) is 9.03. The number of hydrogen-bond donors (Lipinski definition) is 0. The van der Waals surface area contributed by atoms with Crippen molar-refractivity contribution in [3.05, 3.63) is 200 Å². The fraction of sp³-hybridized carbons (Fsp3) is 0.0227. The van der Waals surface area contributed by atoms with Crippen LogP contribution in [0.4, 0.5) is 0 Å². The Hall–Kier alpha value is -5.68. The van der Waals surface area contributed by atoms with E-state index in [4.69, 9.17) is 23.2 Å². The van der Waals surface area contributed by atoms with Crippen molar-refractivity contribution in [3.8, 4) is 34.1 Å². The average Bonchev–Trinajstić information content (AvgIpc) is 3.59. The summed E-state index contributed by atoms with van der Waals surface area (Å²) >= 11 is 13.5. The molecule has 0 aromatic heterocycles. The summed E-state index contributed by atoms with van der Waals surface area (Å²) < 4.78 is 0. The summed E-state index contributed by atoms with van der Waals surface area (Å²) in [6.07, 6.45) is 0. The van der Waals surface area contributed by atoms with Gasteiger partial charge in [0, 0.05) is 26.7 Å². The zero-order valence-corrected chi connectivity index (χ0v) is 26.9. The molecule has 4 heteroatoms. The largest absolute Gasteiger partial charge is 0.288 e. The number of fused-ring (bicyclic) bond motifs is 6. The zero-order valence-electron chi connectivity index (χ0n) is 25.4. The molecule has 6 aromatic rings.